The Bertz CT molecular complexity index is 794. The third-order valence-electron chi connectivity index (χ3n) is 5.11. The van der Waals surface area contributed by atoms with Gasteiger partial charge in [0.2, 0.25) is 0 Å². The van der Waals surface area contributed by atoms with E-state index in [1.165, 1.54) is 5.56 Å². The summed E-state index contributed by atoms with van der Waals surface area (Å²) in [5.74, 6) is 0.691. The summed E-state index contributed by atoms with van der Waals surface area (Å²) >= 11 is 0. The number of pyridine rings is 1. The summed E-state index contributed by atoms with van der Waals surface area (Å²) in [6.07, 6.45) is 5.40. The molecule has 2 heterocycles. The van der Waals surface area contributed by atoms with Crippen LogP contribution >= 0.6 is 24.0 Å². The third kappa shape index (κ3) is 8.82. The minimum Gasteiger partial charge on any atom is -0.357 e. The van der Waals surface area contributed by atoms with Crippen molar-refractivity contribution >= 4 is 35.8 Å². The molecule has 0 aliphatic carbocycles. The summed E-state index contributed by atoms with van der Waals surface area (Å²) in [7, 11) is 0. The Morgan fingerprint density at radius 2 is 1.90 bits per heavy atom. The number of carbonyl (C=O) groups excluding carboxylic acids is 1. The Morgan fingerprint density at radius 3 is 2.58 bits per heavy atom. The van der Waals surface area contributed by atoms with E-state index in [0.29, 0.717) is 24.7 Å². The number of benzene rings is 1. The second-order valence-electron chi connectivity index (χ2n) is 7.44. The molecular weight excluding hydrogens is 503 g/mol. The molecule has 31 heavy (non-hydrogen) atoms. The van der Waals surface area contributed by atoms with E-state index >= 15 is 0 Å². The SMILES string of the molecule is CCNC(=NCCNC(=O)c1cccnc1)NC1CCN(Cc2ccccc2)CC1.I. The Kier molecular flexibility index (Phi) is 11.3. The lowest BCUT2D eigenvalue weighted by atomic mass is 10.0. The minimum atomic E-state index is -0.123. The normalized spacial score (nSPS) is 15.1. The Morgan fingerprint density at radius 1 is 1.13 bits per heavy atom. The van der Waals surface area contributed by atoms with Crippen molar-refractivity contribution in [2.75, 3.05) is 32.7 Å². The van der Waals surface area contributed by atoms with Gasteiger partial charge >= 0.3 is 0 Å². The summed E-state index contributed by atoms with van der Waals surface area (Å²) in [4.78, 5) is 23.1. The zero-order valence-electron chi connectivity index (χ0n) is 18.1. The molecule has 3 N–H and O–H groups in total. The monoisotopic (exact) mass is 536 g/mol. The van der Waals surface area contributed by atoms with Crippen molar-refractivity contribution in [1.82, 2.24) is 25.8 Å². The second kappa shape index (κ2) is 14.0. The van der Waals surface area contributed by atoms with Crippen molar-refractivity contribution in [2.45, 2.75) is 32.4 Å². The maximum absolute atomic E-state index is 12.1. The Labute approximate surface area is 202 Å². The number of carbonyl (C=O) groups is 1. The van der Waals surface area contributed by atoms with Crippen LogP contribution in [0, 0.1) is 0 Å². The lowest BCUT2D eigenvalue weighted by Gasteiger charge is -2.33. The van der Waals surface area contributed by atoms with Gasteiger partial charge in [-0.05, 0) is 37.5 Å². The predicted octanol–water partition coefficient (Wildman–Crippen LogP) is 2.65. The number of amides is 1. The highest BCUT2D eigenvalue weighted by Crippen LogP contribution is 2.13. The molecule has 7 nitrogen and oxygen atoms in total. The summed E-state index contributed by atoms with van der Waals surface area (Å²) in [6.45, 7) is 7.04. The molecule has 1 aromatic heterocycles. The lowest BCUT2D eigenvalue weighted by Crippen LogP contribution is -2.48. The van der Waals surface area contributed by atoms with Crippen molar-refractivity contribution in [3.05, 3.63) is 66.0 Å². The topological polar surface area (TPSA) is 81.6 Å². The number of aliphatic imine (C=N–C) groups is 1. The molecule has 1 aromatic carbocycles. The summed E-state index contributed by atoms with van der Waals surface area (Å²) in [6, 6.07) is 14.6. The van der Waals surface area contributed by atoms with Crippen LogP contribution in [0.15, 0.2) is 59.9 Å². The maximum atomic E-state index is 12.1. The van der Waals surface area contributed by atoms with Gasteiger partial charge in [0.15, 0.2) is 5.96 Å². The van der Waals surface area contributed by atoms with Gasteiger partial charge < -0.3 is 16.0 Å². The third-order valence-corrected chi connectivity index (χ3v) is 5.11. The first kappa shape index (κ1) is 25.1. The number of hydrogen-bond acceptors (Lipinski definition) is 4. The largest absolute Gasteiger partial charge is 0.357 e. The number of piperidine rings is 1. The lowest BCUT2D eigenvalue weighted by molar-refractivity contribution is 0.0954. The number of rotatable bonds is 8. The van der Waals surface area contributed by atoms with Crippen molar-refractivity contribution in [3.63, 3.8) is 0 Å². The molecule has 1 amide bonds. The van der Waals surface area contributed by atoms with Gasteiger partial charge in [-0.15, -0.1) is 24.0 Å². The number of nitrogens with zero attached hydrogens (tertiary/aromatic N) is 3. The summed E-state index contributed by atoms with van der Waals surface area (Å²) in [5.41, 5.74) is 1.93. The molecule has 3 rings (SSSR count). The van der Waals surface area contributed by atoms with Gasteiger partial charge in [0.25, 0.3) is 5.91 Å². The van der Waals surface area contributed by atoms with Gasteiger partial charge in [-0.1, -0.05) is 30.3 Å². The first-order chi connectivity index (χ1) is 14.7. The standard InChI is InChI=1S/C23H32N6O.HI/c1-2-25-23(27-14-13-26-22(30)20-9-6-12-24-17-20)28-21-10-15-29(16-11-21)18-19-7-4-3-5-8-19;/h3-9,12,17,21H,2,10-11,13-16,18H2,1H3,(H,26,30)(H2,25,27,28);1H. The van der Waals surface area contributed by atoms with Crippen LogP contribution in [0.3, 0.4) is 0 Å². The Hall–Kier alpha value is -2.20. The molecule has 0 radical (unpaired) electrons. The molecule has 2 aromatic rings. The van der Waals surface area contributed by atoms with Crippen molar-refractivity contribution in [2.24, 2.45) is 4.99 Å². The van der Waals surface area contributed by atoms with Gasteiger partial charge in [-0.2, -0.15) is 0 Å². The quantitative estimate of drug-likeness (QED) is 0.209. The molecular formula is C23H33IN6O. The van der Waals surface area contributed by atoms with Gasteiger partial charge in [0.1, 0.15) is 0 Å². The highest BCUT2D eigenvalue weighted by molar-refractivity contribution is 14.0. The molecule has 1 fully saturated rings. The van der Waals surface area contributed by atoms with Crippen LogP contribution < -0.4 is 16.0 Å². The highest BCUT2D eigenvalue weighted by Gasteiger charge is 2.20. The maximum Gasteiger partial charge on any atom is 0.252 e. The molecule has 1 saturated heterocycles. The second-order valence-corrected chi connectivity index (χ2v) is 7.44. The molecule has 8 heteroatoms. The molecule has 0 atom stereocenters. The average molecular weight is 536 g/mol. The first-order valence-electron chi connectivity index (χ1n) is 10.7. The zero-order valence-corrected chi connectivity index (χ0v) is 20.4. The van der Waals surface area contributed by atoms with E-state index in [-0.39, 0.29) is 29.9 Å². The molecule has 1 aliphatic rings. The van der Waals surface area contributed by atoms with Crippen molar-refractivity contribution < 1.29 is 4.79 Å². The van der Waals surface area contributed by atoms with Crippen LogP contribution in [-0.4, -0.2) is 60.5 Å². The minimum absolute atomic E-state index is 0. The molecule has 1 aliphatic heterocycles. The zero-order chi connectivity index (χ0) is 21.0. The number of guanidine groups is 1. The molecule has 0 bridgehead atoms. The predicted molar refractivity (Wildman–Crippen MR) is 136 cm³/mol. The van der Waals surface area contributed by atoms with E-state index in [1.54, 1.807) is 24.5 Å². The first-order valence-corrected chi connectivity index (χ1v) is 10.7. The number of aromatic nitrogens is 1. The molecule has 0 saturated carbocycles. The van der Waals surface area contributed by atoms with E-state index in [2.05, 4.69) is 68.1 Å². The fraction of sp³-hybridized carbons (Fsp3) is 0.435. The summed E-state index contributed by atoms with van der Waals surface area (Å²) in [5, 5.41) is 9.73. The van der Waals surface area contributed by atoms with Gasteiger partial charge in [-0.25, -0.2) is 0 Å². The van der Waals surface area contributed by atoms with E-state index < -0.39 is 0 Å². The van der Waals surface area contributed by atoms with Crippen LogP contribution in [-0.2, 0) is 6.54 Å². The highest BCUT2D eigenvalue weighted by atomic mass is 127. The molecule has 0 spiro atoms. The van der Waals surface area contributed by atoms with Crippen molar-refractivity contribution in [3.8, 4) is 0 Å². The Balaban J connectivity index is 0.00000341. The number of nitrogens with one attached hydrogen (secondary N) is 3. The van der Waals surface area contributed by atoms with Gasteiger partial charge in [0, 0.05) is 51.2 Å². The van der Waals surface area contributed by atoms with Crippen LogP contribution in [0.1, 0.15) is 35.7 Å². The average Bonchev–Trinajstić information content (AvgIpc) is 2.79. The van der Waals surface area contributed by atoms with E-state index in [1.807, 2.05) is 0 Å². The van der Waals surface area contributed by atoms with Gasteiger partial charge in [0.05, 0.1) is 12.1 Å². The number of halogens is 1. The van der Waals surface area contributed by atoms with Crippen LogP contribution in [0.5, 0.6) is 0 Å². The summed E-state index contributed by atoms with van der Waals surface area (Å²) < 4.78 is 0. The fourth-order valence-electron chi connectivity index (χ4n) is 3.53. The number of hydrogen-bond donors (Lipinski definition) is 3. The van der Waals surface area contributed by atoms with E-state index in [9.17, 15) is 4.79 Å². The van der Waals surface area contributed by atoms with Crippen LogP contribution in [0.25, 0.3) is 0 Å². The fourth-order valence-corrected chi connectivity index (χ4v) is 3.53. The van der Waals surface area contributed by atoms with Crippen LogP contribution in [0.4, 0.5) is 0 Å². The van der Waals surface area contributed by atoms with Crippen LogP contribution in [0.2, 0.25) is 0 Å². The van der Waals surface area contributed by atoms with E-state index in [4.69, 9.17) is 0 Å². The molecule has 0 unspecified atom stereocenters. The van der Waals surface area contributed by atoms with Gasteiger partial charge in [-0.3, -0.25) is 19.7 Å². The molecule has 168 valence electrons. The smallest absolute Gasteiger partial charge is 0.252 e. The van der Waals surface area contributed by atoms with E-state index in [0.717, 1.165) is 45.0 Å². The van der Waals surface area contributed by atoms with Crippen molar-refractivity contribution in [1.29, 1.82) is 0 Å². The number of likely N-dealkylation sites (tertiary alicyclic amines) is 1.